The van der Waals surface area contributed by atoms with Crippen LogP contribution in [0.15, 0.2) is 0 Å². The zero-order valence-electron chi connectivity index (χ0n) is 7.69. The minimum absolute atomic E-state index is 0.872. The first-order chi connectivity index (χ1) is 5.34. The van der Waals surface area contributed by atoms with Crippen LogP contribution in [0.1, 0.15) is 19.8 Å². The molecule has 1 saturated heterocycles. The van der Waals surface area contributed by atoms with E-state index in [1.165, 1.54) is 32.5 Å². The maximum absolute atomic E-state index is 3.42. The Morgan fingerprint density at radius 3 is 3.00 bits per heavy atom. The molecule has 0 spiro atoms. The molecular formula is C9H20N2. The topological polar surface area (TPSA) is 24.1 Å². The molecule has 2 N–H and O–H groups in total. The van der Waals surface area contributed by atoms with Crippen LogP contribution in [0.2, 0.25) is 0 Å². The zero-order chi connectivity index (χ0) is 8.10. The first-order valence-corrected chi connectivity index (χ1v) is 4.70. The van der Waals surface area contributed by atoms with Gasteiger partial charge in [0.15, 0.2) is 0 Å². The molecule has 2 nitrogen and oxygen atoms in total. The van der Waals surface area contributed by atoms with Crippen molar-refractivity contribution in [3.63, 3.8) is 0 Å². The van der Waals surface area contributed by atoms with Crippen LogP contribution in [0, 0.1) is 11.8 Å². The molecule has 66 valence electrons. The third-order valence-electron chi connectivity index (χ3n) is 2.73. The predicted octanol–water partition coefficient (Wildman–Crippen LogP) is 0.841. The summed E-state index contributed by atoms with van der Waals surface area (Å²) in [6.45, 7) is 5.97. The summed E-state index contributed by atoms with van der Waals surface area (Å²) in [5.41, 5.74) is 0. The Morgan fingerprint density at radius 1 is 1.55 bits per heavy atom. The van der Waals surface area contributed by atoms with E-state index in [2.05, 4.69) is 17.6 Å². The fourth-order valence-electron chi connectivity index (χ4n) is 1.83. The molecule has 0 radical (unpaired) electrons. The summed E-state index contributed by atoms with van der Waals surface area (Å²) >= 11 is 0. The molecule has 0 aromatic carbocycles. The summed E-state index contributed by atoms with van der Waals surface area (Å²) in [5.74, 6) is 1.82. The van der Waals surface area contributed by atoms with E-state index in [0.29, 0.717) is 0 Å². The van der Waals surface area contributed by atoms with Gasteiger partial charge in [-0.3, -0.25) is 0 Å². The summed E-state index contributed by atoms with van der Waals surface area (Å²) in [6.07, 6.45) is 2.71. The number of hydrogen-bond acceptors (Lipinski definition) is 2. The largest absolute Gasteiger partial charge is 0.320 e. The molecule has 2 unspecified atom stereocenters. The van der Waals surface area contributed by atoms with Crippen molar-refractivity contribution in [1.29, 1.82) is 0 Å². The molecule has 0 aliphatic carbocycles. The fourth-order valence-corrected chi connectivity index (χ4v) is 1.83. The van der Waals surface area contributed by atoms with Gasteiger partial charge in [-0.15, -0.1) is 0 Å². The van der Waals surface area contributed by atoms with Crippen molar-refractivity contribution >= 4 is 0 Å². The average Bonchev–Trinajstić information content (AvgIpc) is 2.03. The Labute approximate surface area is 69.8 Å². The highest BCUT2D eigenvalue weighted by Gasteiger charge is 2.19. The van der Waals surface area contributed by atoms with Gasteiger partial charge in [-0.05, 0) is 51.4 Å². The SMILES string of the molecule is CNCCC1CCNCC1C. The van der Waals surface area contributed by atoms with E-state index in [1.54, 1.807) is 0 Å². The van der Waals surface area contributed by atoms with Gasteiger partial charge >= 0.3 is 0 Å². The quantitative estimate of drug-likeness (QED) is 0.633. The number of nitrogens with one attached hydrogen (secondary N) is 2. The lowest BCUT2D eigenvalue weighted by Gasteiger charge is -2.29. The third kappa shape index (κ3) is 2.80. The molecule has 0 saturated carbocycles. The Bertz CT molecular complexity index is 104. The standard InChI is InChI=1S/C9H20N2/c1-8-7-11-6-4-9(8)3-5-10-2/h8-11H,3-7H2,1-2H3. The number of rotatable bonds is 3. The van der Waals surface area contributed by atoms with Crippen LogP contribution in [0.25, 0.3) is 0 Å². The molecule has 0 aromatic heterocycles. The second-order valence-electron chi connectivity index (χ2n) is 3.62. The molecule has 1 fully saturated rings. The summed E-state index contributed by atoms with van der Waals surface area (Å²) in [7, 11) is 2.03. The maximum Gasteiger partial charge on any atom is -0.00205 e. The molecule has 0 aromatic rings. The molecule has 2 atom stereocenters. The Morgan fingerprint density at radius 2 is 2.36 bits per heavy atom. The summed E-state index contributed by atoms with van der Waals surface area (Å²) in [5, 5.41) is 6.64. The van der Waals surface area contributed by atoms with Gasteiger partial charge in [0.05, 0.1) is 0 Å². The second kappa shape index (κ2) is 4.73. The van der Waals surface area contributed by atoms with Crippen molar-refractivity contribution in [2.24, 2.45) is 11.8 Å². The van der Waals surface area contributed by atoms with E-state index in [4.69, 9.17) is 0 Å². The highest BCUT2D eigenvalue weighted by Crippen LogP contribution is 2.21. The van der Waals surface area contributed by atoms with Gasteiger partial charge in [0.2, 0.25) is 0 Å². The van der Waals surface area contributed by atoms with E-state index >= 15 is 0 Å². The first-order valence-electron chi connectivity index (χ1n) is 4.70. The predicted molar refractivity (Wildman–Crippen MR) is 48.7 cm³/mol. The first kappa shape index (κ1) is 9.01. The second-order valence-corrected chi connectivity index (χ2v) is 3.62. The van der Waals surface area contributed by atoms with Crippen LogP contribution in [0.4, 0.5) is 0 Å². The zero-order valence-corrected chi connectivity index (χ0v) is 7.69. The minimum atomic E-state index is 0.872. The van der Waals surface area contributed by atoms with Gasteiger partial charge in [0, 0.05) is 0 Å². The summed E-state index contributed by atoms with van der Waals surface area (Å²) in [6, 6.07) is 0. The van der Waals surface area contributed by atoms with E-state index in [-0.39, 0.29) is 0 Å². The van der Waals surface area contributed by atoms with E-state index in [0.717, 1.165) is 11.8 Å². The van der Waals surface area contributed by atoms with Crippen molar-refractivity contribution in [2.75, 3.05) is 26.7 Å². The van der Waals surface area contributed by atoms with Gasteiger partial charge in [0.1, 0.15) is 0 Å². The van der Waals surface area contributed by atoms with E-state index < -0.39 is 0 Å². The molecule has 11 heavy (non-hydrogen) atoms. The van der Waals surface area contributed by atoms with Crippen molar-refractivity contribution < 1.29 is 0 Å². The van der Waals surface area contributed by atoms with Gasteiger partial charge in [-0.25, -0.2) is 0 Å². The van der Waals surface area contributed by atoms with E-state index in [1.807, 2.05) is 7.05 Å². The Kier molecular flexibility index (Phi) is 3.87. The minimum Gasteiger partial charge on any atom is -0.320 e. The van der Waals surface area contributed by atoms with Crippen molar-refractivity contribution in [2.45, 2.75) is 19.8 Å². The van der Waals surface area contributed by atoms with Crippen LogP contribution in [0.3, 0.4) is 0 Å². The molecule has 1 rings (SSSR count). The van der Waals surface area contributed by atoms with Crippen molar-refractivity contribution in [3.8, 4) is 0 Å². The molecule has 1 aliphatic rings. The van der Waals surface area contributed by atoms with Gasteiger partial charge in [-0.2, -0.15) is 0 Å². The normalized spacial score (nSPS) is 32.2. The highest BCUT2D eigenvalue weighted by atomic mass is 14.9. The molecule has 2 heteroatoms. The van der Waals surface area contributed by atoms with E-state index in [9.17, 15) is 0 Å². The molecule has 0 amide bonds. The monoisotopic (exact) mass is 156 g/mol. The highest BCUT2D eigenvalue weighted by molar-refractivity contribution is 4.75. The average molecular weight is 156 g/mol. The van der Waals surface area contributed by atoms with Crippen LogP contribution in [0.5, 0.6) is 0 Å². The number of piperidine rings is 1. The third-order valence-corrected chi connectivity index (χ3v) is 2.73. The van der Waals surface area contributed by atoms with Gasteiger partial charge < -0.3 is 10.6 Å². The molecular weight excluding hydrogens is 136 g/mol. The fraction of sp³-hybridized carbons (Fsp3) is 1.00. The maximum atomic E-state index is 3.42. The van der Waals surface area contributed by atoms with Crippen LogP contribution >= 0.6 is 0 Å². The van der Waals surface area contributed by atoms with Crippen LogP contribution < -0.4 is 10.6 Å². The lowest BCUT2D eigenvalue weighted by Crippen LogP contribution is -2.36. The summed E-state index contributed by atoms with van der Waals surface area (Å²) in [4.78, 5) is 0. The van der Waals surface area contributed by atoms with Gasteiger partial charge in [-0.1, -0.05) is 6.92 Å². The number of hydrogen-bond donors (Lipinski definition) is 2. The lowest BCUT2D eigenvalue weighted by atomic mass is 9.85. The van der Waals surface area contributed by atoms with Crippen molar-refractivity contribution in [1.82, 2.24) is 10.6 Å². The molecule has 1 aliphatic heterocycles. The van der Waals surface area contributed by atoms with Gasteiger partial charge in [0.25, 0.3) is 0 Å². The van der Waals surface area contributed by atoms with Crippen molar-refractivity contribution in [3.05, 3.63) is 0 Å². The Hall–Kier alpha value is -0.0800. The smallest absolute Gasteiger partial charge is 0.00205 e. The van der Waals surface area contributed by atoms with Crippen LogP contribution in [-0.4, -0.2) is 26.7 Å². The molecule has 0 bridgehead atoms. The molecule has 1 heterocycles. The summed E-state index contributed by atoms with van der Waals surface area (Å²) < 4.78 is 0. The van der Waals surface area contributed by atoms with Crippen LogP contribution in [-0.2, 0) is 0 Å². The lowest BCUT2D eigenvalue weighted by molar-refractivity contribution is 0.258. The Balaban J connectivity index is 2.18.